The minimum absolute atomic E-state index is 0. The van der Waals surface area contributed by atoms with Gasteiger partial charge in [0.15, 0.2) is 17.0 Å². The molecule has 131 valence electrons. The maximum atomic E-state index is 11.0. The number of benzene rings is 1. The molecule has 2 aromatic heterocycles. The number of aromatic nitrogens is 4. The number of nitrogens with two attached hydrogens (primary N) is 2. The molecule has 2 heterocycles. The number of fused-ring (bicyclic) bond motifs is 1. The monoisotopic (exact) mass is 355 g/mol. The maximum absolute atomic E-state index is 11.0. The van der Waals surface area contributed by atoms with Crippen molar-refractivity contribution in [2.24, 2.45) is 0 Å². The van der Waals surface area contributed by atoms with E-state index < -0.39 is 5.97 Å². The standard InChI is InChI=1S/C18H16N6O2.Li/c1-2-3-12(10-4-6-11(7-5-10)17(25)26)8-13-9-21-16-14(22-13)15(19)23-18(20)24-16;/h1,4-7,9,12H,3,8H2,(H,25,26)(H4,19,20,21,23,24);. The molecule has 5 N–H and O–H groups in total. The Labute approximate surface area is 167 Å². The van der Waals surface area contributed by atoms with E-state index in [1.54, 1.807) is 30.5 Å². The molecular formula is C18H16LiN6O2. The van der Waals surface area contributed by atoms with E-state index in [4.69, 9.17) is 23.0 Å². The van der Waals surface area contributed by atoms with Crippen molar-refractivity contribution < 1.29 is 9.90 Å². The van der Waals surface area contributed by atoms with Crippen LogP contribution in [-0.2, 0) is 6.42 Å². The first-order valence-corrected chi connectivity index (χ1v) is 7.79. The average Bonchev–Trinajstić information content (AvgIpc) is 2.62. The van der Waals surface area contributed by atoms with Crippen molar-refractivity contribution in [3.8, 4) is 12.3 Å². The number of hydrogen-bond acceptors (Lipinski definition) is 7. The molecule has 9 heteroatoms. The Morgan fingerprint density at radius 2 is 1.89 bits per heavy atom. The predicted molar refractivity (Wildman–Crippen MR) is 103 cm³/mol. The summed E-state index contributed by atoms with van der Waals surface area (Å²) in [5, 5.41) is 9.02. The fraction of sp³-hybridized carbons (Fsp3) is 0.167. The quantitative estimate of drug-likeness (QED) is 0.459. The molecule has 3 rings (SSSR count). The molecule has 1 unspecified atom stereocenters. The van der Waals surface area contributed by atoms with Crippen molar-refractivity contribution in [2.45, 2.75) is 18.8 Å². The van der Waals surface area contributed by atoms with Crippen LogP contribution in [0.5, 0.6) is 0 Å². The minimum Gasteiger partial charge on any atom is -0.478 e. The Morgan fingerprint density at radius 1 is 1.19 bits per heavy atom. The van der Waals surface area contributed by atoms with E-state index in [9.17, 15) is 4.79 Å². The molecule has 3 aromatic rings. The van der Waals surface area contributed by atoms with E-state index in [1.807, 2.05) is 0 Å². The zero-order valence-corrected chi connectivity index (χ0v) is 14.8. The SMILES string of the molecule is C#CCC(Cc1cnc2nc(N)nc(N)c2n1)c1ccc(C(=O)O)cc1.[Li]. The third-order valence-electron chi connectivity index (χ3n) is 3.95. The van der Waals surface area contributed by atoms with Gasteiger partial charge >= 0.3 is 5.97 Å². The molecule has 0 bridgehead atoms. The van der Waals surface area contributed by atoms with Crippen molar-refractivity contribution in [2.75, 3.05) is 11.5 Å². The van der Waals surface area contributed by atoms with Crippen LogP contribution in [0.2, 0.25) is 0 Å². The van der Waals surface area contributed by atoms with Crippen molar-refractivity contribution in [3.05, 3.63) is 47.3 Å². The van der Waals surface area contributed by atoms with Crippen LogP contribution < -0.4 is 11.5 Å². The van der Waals surface area contributed by atoms with Crippen molar-refractivity contribution >= 4 is 47.8 Å². The van der Waals surface area contributed by atoms with Gasteiger partial charge in [-0.2, -0.15) is 9.97 Å². The first-order chi connectivity index (χ1) is 12.5. The molecule has 1 radical (unpaired) electrons. The van der Waals surface area contributed by atoms with Gasteiger partial charge in [-0.3, -0.25) is 0 Å². The molecule has 0 saturated heterocycles. The Hall–Kier alpha value is -3.13. The third kappa shape index (κ3) is 4.53. The van der Waals surface area contributed by atoms with Crippen molar-refractivity contribution in [1.29, 1.82) is 0 Å². The van der Waals surface area contributed by atoms with Crippen LogP contribution in [0.3, 0.4) is 0 Å². The summed E-state index contributed by atoms with van der Waals surface area (Å²) in [5.41, 5.74) is 14.0. The topological polar surface area (TPSA) is 141 Å². The molecule has 0 spiro atoms. The predicted octanol–water partition coefficient (Wildman–Crippen LogP) is 1.25. The maximum Gasteiger partial charge on any atom is 0.335 e. The van der Waals surface area contributed by atoms with Crippen LogP contribution in [0.15, 0.2) is 30.5 Å². The number of carboxylic acid groups (broad SMARTS) is 1. The summed E-state index contributed by atoms with van der Waals surface area (Å²) in [6.07, 6.45) is 8.09. The number of terminal acetylenes is 1. The second kappa shape index (κ2) is 8.50. The first kappa shape index (κ1) is 20.2. The molecule has 1 atom stereocenters. The van der Waals surface area contributed by atoms with Crippen LogP contribution >= 0.6 is 0 Å². The van der Waals surface area contributed by atoms with E-state index in [-0.39, 0.29) is 42.1 Å². The van der Waals surface area contributed by atoms with Gasteiger partial charge in [-0.1, -0.05) is 12.1 Å². The van der Waals surface area contributed by atoms with Crippen molar-refractivity contribution in [3.63, 3.8) is 0 Å². The van der Waals surface area contributed by atoms with Crippen LogP contribution in [0.25, 0.3) is 11.2 Å². The van der Waals surface area contributed by atoms with Crippen LogP contribution in [0.4, 0.5) is 11.8 Å². The van der Waals surface area contributed by atoms with Gasteiger partial charge in [0, 0.05) is 31.2 Å². The van der Waals surface area contributed by atoms with Gasteiger partial charge in [0.25, 0.3) is 0 Å². The molecule has 0 amide bonds. The van der Waals surface area contributed by atoms with Gasteiger partial charge in [-0.25, -0.2) is 14.8 Å². The van der Waals surface area contributed by atoms with Crippen LogP contribution in [0, 0.1) is 12.3 Å². The fourth-order valence-corrected chi connectivity index (χ4v) is 2.68. The van der Waals surface area contributed by atoms with Crippen molar-refractivity contribution in [1.82, 2.24) is 19.9 Å². The molecule has 0 saturated carbocycles. The summed E-state index contributed by atoms with van der Waals surface area (Å²) in [6.45, 7) is 0. The van der Waals surface area contributed by atoms with Gasteiger partial charge in [0.1, 0.15) is 0 Å². The minimum atomic E-state index is -0.972. The summed E-state index contributed by atoms with van der Waals surface area (Å²) in [4.78, 5) is 27.6. The number of nitrogen functional groups attached to an aromatic ring is 2. The number of aromatic carboxylic acids is 1. The number of nitrogens with zero attached hydrogens (tertiary/aromatic N) is 4. The van der Waals surface area contributed by atoms with Crippen LogP contribution in [-0.4, -0.2) is 49.9 Å². The Balaban J connectivity index is 0.00000261. The molecular weight excluding hydrogens is 339 g/mol. The van der Waals surface area contributed by atoms with E-state index in [0.717, 1.165) is 5.56 Å². The van der Waals surface area contributed by atoms with E-state index >= 15 is 0 Å². The van der Waals surface area contributed by atoms with E-state index in [0.29, 0.717) is 29.7 Å². The number of anilines is 2. The van der Waals surface area contributed by atoms with Crippen LogP contribution in [0.1, 0.15) is 34.0 Å². The molecule has 8 nitrogen and oxygen atoms in total. The second-order valence-electron chi connectivity index (χ2n) is 5.74. The second-order valence-corrected chi connectivity index (χ2v) is 5.74. The summed E-state index contributed by atoms with van der Waals surface area (Å²) in [5.74, 6) is 1.85. The van der Waals surface area contributed by atoms with E-state index in [2.05, 4.69) is 25.9 Å². The molecule has 0 fully saturated rings. The van der Waals surface area contributed by atoms with Gasteiger partial charge in [0.2, 0.25) is 5.95 Å². The number of rotatable bonds is 5. The smallest absolute Gasteiger partial charge is 0.335 e. The largest absolute Gasteiger partial charge is 0.478 e. The zero-order valence-electron chi connectivity index (χ0n) is 14.8. The fourth-order valence-electron chi connectivity index (χ4n) is 2.68. The van der Waals surface area contributed by atoms with Gasteiger partial charge in [-0.15, -0.1) is 12.3 Å². The summed E-state index contributed by atoms with van der Waals surface area (Å²) in [7, 11) is 0. The average molecular weight is 355 g/mol. The first-order valence-electron chi connectivity index (χ1n) is 7.79. The molecule has 1 aromatic carbocycles. The third-order valence-corrected chi connectivity index (χ3v) is 3.95. The number of carboxylic acids is 1. The molecule has 0 aliphatic rings. The summed E-state index contributed by atoms with van der Waals surface area (Å²) < 4.78 is 0. The number of carbonyl (C=O) groups is 1. The molecule has 27 heavy (non-hydrogen) atoms. The number of hydrogen-bond donors (Lipinski definition) is 3. The zero-order chi connectivity index (χ0) is 18.7. The van der Waals surface area contributed by atoms with E-state index in [1.165, 1.54) is 0 Å². The normalized spacial score (nSPS) is 11.4. The molecule has 0 aliphatic carbocycles. The Morgan fingerprint density at radius 3 is 2.52 bits per heavy atom. The molecule has 0 aliphatic heterocycles. The summed E-state index contributed by atoms with van der Waals surface area (Å²) in [6, 6.07) is 6.64. The Bertz CT molecular complexity index is 1020. The van der Waals surface area contributed by atoms with Gasteiger partial charge < -0.3 is 16.6 Å². The van der Waals surface area contributed by atoms with Gasteiger partial charge in [-0.05, 0) is 24.1 Å². The Kier molecular flexibility index (Phi) is 6.35. The van der Waals surface area contributed by atoms with Gasteiger partial charge in [0.05, 0.1) is 17.5 Å². The summed E-state index contributed by atoms with van der Waals surface area (Å²) >= 11 is 0.